The Balaban J connectivity index is 0.000000487. The summed E-state index contributed by atoms with van der Waals surface area (Å²) in [6, 6.07) is 9.39. The molecular formula is C13H19NO2. The highest BCUT2D eigenvalue weighted by molar-refractivity contribution is 5.32. The highest BCUT2D eigenvalue weighted by Crippen LogP contribution is 2.07. The topological polar surface area (TPSA) is 38.7 Å². The van der Waals surface area contributed by atoms with Crippen LogP contribution in [-0.2, 0) is 4.79 Å². The minimum absolute atomic E-state index is 0.360. The zero-order chi connectivity index (χ0) is 12.2. The lowest BCUT2D eigenvalue weighted by molar-refractivity contribution is 0.328. The lowest BCUT2D eigenvalue weighted by atomic mass is 10.3. The fraction of sp³-hybridized carbons (Fsp3) is 0.462. The third kappa shape index (κ3) is 10.5. The summed E-state index contributed by atoms with van der Waals surface area (Å²) >= 11 is 0. The van der Waals surface area contributed by atoms with Crippen LogP contribution < -0.4 is 4.74 Å². The van der Waals surface area contributed by atoms with Gasteiger partial charge in [-0.25, -0.2) is 9.79 Å². The molecule has 0 bridgehead atoms. The Morgan fingerprint density at radius 1 is 1.25 bits per heavy atom. The van der Waals surface area contributed by atoms with Crippen molar-refractivity contribution in [1.29, 1.82) is 0 Å². The molecule has 16 heavy (non-hydrogen) atoms. The molecule has 0 saturated heterocycles. The largest absolute Gasteiger partial charge is 0.492 e. The number of isocyanates is 1. The lowest BCUT2D eigenvalue weighted by Gasteiger charge is -2.01. The highest BCUT2D eigenvalue weighted by atomic mass is 16.5. The molecule has 0 amide bonds. The zero-order valence-electron chi connectivity index (χ0n) is 10.1. The molecule has 0 aliphatic carbocycles. The average Bonchev–Trinajstić information content (AvgIpc) is 2.25. The second kappa shape index (κ2) is 9.94. The summed E-state index contributed by atoms with van der Waals surface area (Å²) in [7, 11) is 0. The number of carbonyl (C=O) groups excluding carboxylic acids is 1. The third-order valence-electron chi connectivity index (χ3n) is 1.28. The molecule has 88 valence electrons. The van der Waals surface area contributed by atoms with Gasteiger partial charge in [0.25, 0.3) is 0 Å². The van der Waals surface area contributed by atoms with Gasteiger partial charge in [0.2, 0.25) is 6.08 Å². The van der Waals surface area contributed by atoms with Gasteiger partial charge in [-0.3, -0.25) is 0 Å². The van der Waals surface area contributed by atoms with Gasteiger partial charge in [-0.2, -0.15) is 0 Å². The molecule has 1 aromatic carbocycles. The Kier molecular flexibility index (Phi) is 8.94. The van der Waals surface area contributed by atoms with Crippen molar-refractivity contribution in [3.05, 3.63) is 30.3 Å². The third-order valence-corrected chi connectivity index (χ3v) is 1.28. The lowest BCUT2D eigenvalue weighted by Crippen LogP contribution is -1.99. The van der Waals surface area contributed by atoms with Crippen molar-refractivity contribution < 1.29 is 9.53 Å². The van der Waals surface area contributed by atoms with Crippen molar-refractivity contribution >= 4 is 6.08 Å². The van der Waals surface area contributed by atoms with E-state index in [1.54, 1.807) is 0 Å². The molecule has 0 atom stereocenters. The number of nitrogens with zero attached hydrogens (tertiary/aromatic N) is 1. The van der Waals surface area contributed by atoms with Gasteiger partial charge in [-0.05, 0) is 18.1 Å². The van der Waals surface area contributed by atoms with Crippen LogP contribution in [0.1, 0.15) is 20.8 Å². The summed E-state index contributed by atoms with van der Waals surface area (Å²) in [6.45, 7) is 7.28. The van der Waals surface area contributed by atoms with Crippen molar-refractivity contribution in [1.82, 2.24) is 0 Å². The van der Waals surface area contributed by atoms with Crippen molar-refractivity contribution in [2.24, 2.45) is 10.9 Å². The Morgan fingerprint density at radius 3 is 2.31 bits per heavy atom. The van der Waals surface area contributed by atoms with E-state index in [2.05, 4.69) is 25.8 Å². The summed E-state index contributed by atoms with van der Waals surface area (Å²) in [6.07, 6.45) is 1.45. The molecule has 3 nitrogen and oxygen atoms in total. The van der Waals surface area contributed by atoms with E-state index in [9.17, 15) is 4.79 Å². The highest BCUT2D eigenvalue weighted by Gasteiger charge is 1.88. The number of rotatable bonds is 4. The second-order valence-electron chi connectivity index (χ2n) is 3.87. The first-order chi connectivity index (χ1) is 7.66. The van der Waals surface area contributed by atoms with E-state index in [4.69, 9.17) is 4.74 Å². The molecule has 0 aromatic heterocycles. The summed E-state index contributed by atoms with van der Waals surface area (Å²) in [5, 5.41) is 0. The van der Waals surface area contributed by atoms with Crippen LogP contribution in [0.4, 0.5) is 0 Å². The quantitative estimate of drug-likeness (QED) is 0.445. The SMILES string of the molecule is CC(C)C.O=C=NCCOc1ccccc1. The van der Waals surface area contributed by atoms with E-state index in [1.165, 1.54) is 6.08 Å². The first kappa shape index (κ1) is 14.4. The molecule has 0 unspecified atom stereocenters. The molecular weight excluding hydrogens is 202 g/mol. The molecule has 0 radical (unpaired) electrons. The minimum Gasteiger partial charge on any atom is -0.492 e. The predicted molar refractivity (Wildman–Crippen MR) is 65.4 cm³/mol. The van der Waals surface area contributed by atoms with Crippen LogP contribution >= 0.6 is 0 Å². The number of ether oxygens (including phenoxy) is 1. The standard InChI is InChI=1S/C9H9NO2.C4H10/c11-8-10-6-7-12-9-4-2-1-3-5-9;1-4(2)3/h1-5H,6-7H2;4H,1-3H3. The number of benzene rings is 1. The van der Waals surface area contributed by atoms with Crippen LogP contribution in [0.25, 0.3) is 0 Å². The van der Waals surface area contributed by atoms with Crippen LogP contribution in [-0.4, -0.2) is 19.2 Å². The van der Waals surface area contributed by atoms with E-state index in [0.717, 1.165) is 11.7 Å². The summed E-state index contributed by atoms with van der Waals surface area (Å²) in [5.41, 5.74) is 0. The average molecular weight is 221 g/mol. The van der Waals surface area contributed by atoms with Gasteiger partial charge < -0.3 is 4.74 Å². The van der Waals surface area contributed by atoms with Crippen molar-refractivity contribution in [2.45, 2.75) is 20.8 Å². The fourth-order valence-corrected chi connectivity index (χ4v) is 0.772. The maximum absolute atomic E-state index is 9.67. The molecule has 1 rings (SSSR count). The Morgan fingerprint density at radius 2 is 1.81 bits per heavy atom. The van der Waals surface area contributed by atoms with Crippen molar-refractivity contribution in [3.8, 4) is 5.75 Å². The van der Waals surface area contributed by atoms with Crippen LogP contribution in [0, 0.1) is 5.92 Å². The Labute approximate surface area is 97.2 Å². The van der Waals surface area contributed by atoms with Crippen LogP contribution in [0.5, 0.6) is 5.75 Å². The van der Waals surface area contributed by atoms with Crippen LogP contribution in [0.3, 0.4) is 0 Å². The van der Waals surface area contributed by atoms with Crippen molar-refractivity contribution in [2.75, 3.05) is 13.2 Å². The Hall–Kier alpha value is -1.60. The molecule has 0 heterocycles. The van der Waals surface area contributed by atoms with Crippen LogP contribution in [0.2, 0.25) is 0 Å². The van der Waals surface area contributed by atoms with Gasteiger partial charge in [0.05, 0.1) is 6.54 Å². The van der Waals surface area contributed by atoms with E-state index < -0.39 is 0 Å². The summed E-state index contributed by atoms with van der Waals surface area (Å²) < 4.78 is 5.24. The van der Waals surface area contributed by atoms with Gasteiger partial charge in [0.1, 0.15) is 12.4 Å². The first-order valence-electron chi connectivity index (χ1n) is 5.38. The van der Waals surface area contributed by atoms with E-state index >= 15 is 0 Å². The number of para-hydroxylation sites is 1. The zero-order valence-corrected chi connectivity index (χ0v) is 10.1. The number of aliphatic imine (C=N–C) groups is 1. The molecule has 0 N–H and O–H groups in total. The maximum Gasteiger partial charge on any atom is 0.235 e. The second-order valence-corrected chi connectivity index (χ2v) is 3.87. The fourth-order valence-electron chi connectivity index (χ4n) is 0.772. The summed E-state index contributed by atoms with van der Waals surface area (Å²) in [4.78, 5) is 13.0. The monoisotopic (exact) mass is 221 g/mol. The van der Waals surface area contributed by atoms with Crippen LogP contribution in [0.15, 0.2) is 35.3 Å². The van der Waals surface area contributed by atoms with E-state index in [1.807, 2.05) is 30.3 Å². The normalized spacial score (nSPS) is 8.75. The predicted octanol–water partition coefficient (Wildman–Crippen LogP) is 3.06. The number of hydrogen-bond donors (Lipinski definition) is 0. The summed E-state index contributed by atoms with van der Waals surface area (Å²) in [5.74, 6) is 1.62. The molecule has 3 heteroatoms. The minimum atomic E-state index is 0.360. The Bertz CT molecular complexity index is 300. The van der Waals surface area contributed by atoms with Gasteiger partial charge >= 0.3 is 0 Å². The van der Waals surface area contributed by atoms with Crippen molar-refractivity contribution in [3.63, 3.8) is 0 Å². The van der Waals surface area contributed by atoms with E-state index in [-0.39, 0.29) is 0 Å². The van der Waals surface area contributed by atoms with Gasteiger partial charge in [-0.15, -0.1) is 0 Å². The molecule has 0 fully saturated rings. The van der Waals surface area contributed by atoms with Gasteiger partial charge in [0.15, 0.2) is 0 Å². The smallest absolute Gasteiger partial charge is 0.235 e. The van der Waals surface area contributed by atoms with Gasteiger partial charge in [-0.1, -0.05) is 39.0 Å². The molecule has 0 aliphatic heterocycles. The number of hydrogen-bond acceptors (Lipinski definition) is 3. The molecule has 0 spiro atoms. The molecule has 0 saturated carbocycles. The maximum atomic E-state index is 9.67. The van der Waals surface area contributed by atoms with E-state index in [0.29, 0.717) is 13.2 Å². The first-order valence-corrected chi connectivity index (χ1v) is 5.38. The molecule has 1 aromatic rings. The van der Waals surface area contributed by atoms with Gasteiger partial charge in [0, 0.05) is 0 Å². The molecule has 0 aliphatic rings.